The van der Waals surface area contributed by atoms with Crippen molar-refractivity contribution in [3.8, 4) is 5.75 Å². The summed E-state index contributed by atoms with van der Waals surface area (Å²) in [7, 11) is 1.64. The van der Waals surface area contributed by atoms with E-state index in [9.17, 15) is 9.35 Å². The van der Waals surface area contributed by atoms with Crippen molar-refractivity contribution in [3.63, 3.8) is 0 Å². The topological polar surface area (TPSA) is 141 Å². The number of piperazine rings is 1. The van der Waals surface area contributed by atoms with Crippen LogP contribution in [0.4, 0.5) is 34.5 Å². The molecular weight excluding hydrogens is 604 g/mol. The second-order valence-corrected chi connectivity index (χ2v) is 12.5. The first-order valence-electron chi connectivity index (χ1n) is 14.6. The zero-order valence-electron chi connectivity index (χ0n) is 25.0. The van der Waals surface area contributed by atoms with Crippen LogP contribution >= 0.6 is 11.6 Å². The quantitative estimate of drug-likeness (QED) is 0.210. The molecule has 0 spiro atoms. The lowest BCUT2D eigenvalue weighted by molar-refractivity contribution is -0.138. The Kier molecular flexibility index (Phi) is 10.9. The highest BCUT2D eigenvalue weighted by Crippen LogP contribution is 2.34. The summed E-state index contributed by atoms with van der Waals surface area (Å²) in [6, 6.07) is 13.4. The number of hydrogen-bond donors (Lipinski definition) is 4. The van der Waals surface area contributed by atoms with Gasteiger partial charge in [0, 0.05) is 44.5 Å². The number of para-hydroxylation sites is 2. The van der Waals surface area contributed by atoms with Gasteiger partial charge in [-0.3, -0.25) is 14.6 Å². The largest absolute Gasteiger partial charge is 0.593 e. The number of methoxy groups -OCH3 is 1. The molecule has 1 aromatic heterocycles. The van der Waals surface area contributed by atoms with Gasteiger partial charge in [0.1, 0.15) is 22.7 Å². The number of benzene rings is 2. The van der Waals surface area contributed by atoms with E-state index < -0.39 is 17.3 Å². The summed E-state index contributed by atoms with van der Waals surface area (Å²) in [4.78, 5) is 26.8. The minimum atomic E-state index is -1.24. The number of rotatable bonds is 12. The van der Waals surface area contributed by atoms with Gasteiger partial charge in [0.2, 0.25) is 5.95 Å². The van der Waals surface area contributed by atoms with Crippen LogP contribution in [0.25, 0.3) is 0 Å². The molecule has 0 amide bonds. The Morgan fingerprint density at radius 3 is 2.45 bits per heavy atom. The van der Waals surface area contributed by atoms with E-state index in [4.69, 9.17) is 21.4 Å². The molecule has 4 N–H and O–H groups in total. The lowest BCUT2D eigenvalue weighted by Gasteiger charge is -2.39. The zero-order chi connectivity index (χ0) is 31.1. The Labute approximate surface area is 266 Å². The molecule has 2 fully saturated rings. The summed E-state index contributed by atoms with van der Waals surface area (Å²) in [6.07, 6.45) is 5.19. The van der Waals surface area contributed by atoms with Crippen LogP contribution in [0.15, 0.2) is 48.7 Å². The number of likely N-dealkylation sites (tertiary alicyclic amines) is 1. The van der Waals surface area contributed by atoms with E-state index in [1.54, 1.807) is 13.4 Å². The molecule has 2 aromatic carbocycles. The van der Waals surface area contributed by atoms with Gasteiger partial charge in [0.05, 0.1) is 42.6 Å². The smallest absolute Gasteiger partial charge is 0.317 e. The molecule has 2 saturated heterocycles. The normalized spacial score (nSPS) is 17.2. The van der Waals surface area contributed by atoms with E-state index >= 15 is 0 Å². The molecular formula is C30H39ClN8O4S. The number of carboxylic acid groups (broad SMARTS) is 1. The first-order chi connectivity index (χ1) is 21.3. The molecule has 12 nitrogen and oxygen atoms in total. The highest BCUT2D eigenvalue weighted by Gasteiger charge is 2.25. The average molecular weight is 643 g/mol. The molecule has 5 rings (SSSR count). The van der Waals surface area contributed by atoms with Crippen molar-refractivity contribution in [2.75, 3.05) is 86.0 Å². The Balaban J connectivity index is 1.18. The number of anilines is 6. The van der Waals surface area contributed by atoms with Crippen molar-refractivity contribution in [3.05, 3.63) is 53.7 Å². The van der Waals surface area contributed by atoms with Gasteiger partial charge >= 0.3 is 5.97 Å². The van der Waals surface area contributed by atoms with Crippen molar-refractivity contribution in [1.29, 1.82) is 0 Å². The van der Waals surface area contributed by atoms with Crippen LogP contribution in [-0.2, 0) is 16.2 Å². The molecule has 44 heavy (non-hydrogen) atoms. The number of nitrogens with one attached hydrogen (secondary N) is 3. The highest BCUT2D eigenvalue weighted by atomic mass is 35.5. The van der Waals surface area contributed by atoms with Crippen LogP contribution in [0.2, 0.25) is 5.02 Å². The maximum absolute atomic E-state index is 11.7. The van der Waals surface area contributed by atoms with Gasteiger partial charge < -0.3 is 29.9 Å². The molecule has 0 saturated carbocycles. The van der Waals surface area contributed by atoms with Crippen LogP contribution in [0.3, 0.4) is 0 Å². The predicted molar refractivity (Wildman–Crippen MR) is 176 cm³/mol. The molecule has 0 radical (unpaired) electrons. The molecule has 3 heterocycles. The molecule has 236 valence electrons. The average Bonchev–Trinajstić information content (AvgIpc) is 3.01. The Bertz CT molecular complexity index is 1420. The monoisotopic (exact) mass is 642 g/mol. The van der Waals surface area contributed by atoms with E-state index in [0.717, 1.165) is 70.0 Å². The first kappa shape index (κ1) is 31.9. The van der Waals surface area contributed by atoms with E-state index in [1.807, 2.05) is 41.3 Å². The molecule has 14 heteroatoms. The maximum atomic E-state index is 11.7. The molecule has 1 atom stereocenters. The van der Waals surface area contributed by atoms with Gasteiger partial charge in [-0.1, -0.05) is 23.7 Å². The molecule has 0 bridgehead atoms. The van der Waals surface area contributed by atoms with Gasteiger partial charge in [-0.05, 0) is 56.1 Å². The second kappa shape index (κ2) is 15.0. The van der Waals surface area contributed by atoms with E-state index in [0.29, 0.717) is 39.8 Å². The van der Waals surface area contributed by atoms with Gasteiger partial charge in [-0.25, -0.2) is 9.71 Å². The van der Waals surface area contributed by atoms with Gasteiger partial charge in [-0.2, -0.15) is 4.98 Å². The van der Waals surface area contributed by atoms with E-state index in [2.05, 4.69) is 41.2 Å². The summed E-state index contributed by atoms with van der Waals surface area (Å²) in [6.45, 7) is 6.76. The summed E-state index contributed by atoms with van der Waals surface area (Å²) in [5.41, 5.74) is 3.15. The van der Waals surface area contributed by atoms with E-state index in [-0.39, 0.29) is 6.54 Å². The molecule has 3 aromatic rings. The minimum absolute atomic E-state index is 0.144. The van der Waals surface area contributed by atoms with Crippen LogP contribution in [0, 0.1) is 5.92 Å². The summed E-state index contributed by atoms with van der Waals surface area (Å²) in [5, 5.41) is 15.8. The molecule has 2 aliphatic heterocycles. The zero-order valence-corrected chi connectivity index (χ0v) is 26.5. The fraction of sp³-hybridized carbons (Fsp3) is 0.433. The number of carbonyl (C=O) groups is 1. The lowest BCUT2D eigenvalue weighted by Crippen LogP contribution is -2.49. The maximum Gasteiger partial charge on any atom is 0.317 e. The number of aromatic nitrogens is 2. The molecule has 1 unspecified atom stereocenters. The number of aliphatic carboxylic acids is 1. The number of ether oxygens (including phenoxy) is 1. The first-order valence-corrected chi connectivity index (χ1v) is 16.6. The van der Waals surface area contributed by atoms with Crippen molar-refractivity contribution in [2.24, 2.45) is 5.92 Å². The summed E-state index contributed by atoms with van der Waals surface area (Å²) in [5.74, 6) is 1.29. The Morgan fingerprint density at radius 2 is 1.77 bits per heavy atom. The third kappa shape index (κ3) is 8.57. The third-order valence-corrected chi connectivity index (χ3v) is 8.71. The standard InChI is InChI=1S/C30H39ClN8O4S/c1-43-27-17-22(39-15-13-38(14-16-39)19-21-9-11-37(12-10-21)20-28(40)41)7-8-26(27)34-30-32-18-23(31)29(35-30)33-24-5-3-4-6-25(24)36-44(2)42/h3-8,17-18,21,36H,9-16,19-20H2,1-2H3,(H,40,41)(H2,32,33,34,35). The minimum Gasteiger partial charge on any atom is -0.593 e. The van der Waals surface area contributed by atoms with Gasteiger partial charge in [0.15, 0.2) is 5.82 Å². The lowest BCUT2D eigenvalue weighted by atomic mass is 9.96. The van der Waals surface area contributed by atoms with Crippen LogP contribution in [-0.4, -0.2) is 101 Å². The Morgan fingerprint density at radius 1 is 1.05 bits per heavy atom. The predicted octanol–water partition coefficient (Wildman–Crippen LogP) is 4.25. The van der Waals surface area contributed by atoms with Crippen molar-refractivity contribution in [1.82, 2.24) is 19.8 Å². The van der Waals surface area contributed by atoms with Gasteiger partial charge in [-0.15, -0.1) is 0 Å². The SMILES string of the molecule is COc1cc(N2CCN(CC3CCN(CC(=O)O)CC3)CC2)ccc1Nc1ncc(Cl)c(Nc2ccccc2N[S+](C)[O-])n1. The Hall–Kier alpha value is -3.49. The fourth-order valence-electron chi connectivity index (χ4n) is 5.65. The van der Waals surface area contributed by atoms with Crippen LogP contribution in [0.5, 0.6) is 5.75 Å². The second-order valence-electron chi connectivity index (χ2n) is 11.0. The molecule has 0 aliphatic carbocycles. The fourth-order valence-corrected chi connectivity index (χ4v) is 6.28. The van der Waals surface area contributed by atoms with Crippen LogP contribution in [0.1, 0.15) is 12.8 Å². The van der Waals surface area contributed by atoms with Crippen molar-refractivity contribution < 1.29 is 19.2 Å². The van der Waals surface area contributed by atoms with Crippen molar-refractivity contribution in [2.45, 2.75) is 12.8 Å². The van der Waals surface area contributed by atoms with Crippen LogP contribution < -0.4 is 25.0 Å². The summed E-state index contributed by atoms with van der Waals surface area (Å²) < 4.78 is 20.4. The number of piperidine rings is 1. The van der Waals surface area contributed by atoms with E-state index in [1.165, 1.54) is 6.20 Å². The van der Waals surface area contributed by atoms with Crippen molar-refractivity contribution >= 4 is 63.4 Å². The third-order valence-electron chi connectivity index (χ3n) is 7.93. The number of nitrogens with zero attached hydrogens (tertiary/aromatic N) is 5. The highest BCUT2D eigenvalue weighted by molar-refractivity contribution is 7.92. The number of hydrogen-bond acceptors (Lipinski definition) is 11. The molecule has 2 aliphatic rings. The number of carboxylic acids is 1. The number of halogens is 1. The summed E-state index contributed by atoms with van der Waals surface area (Å²) >= 11 is 5.17. The van der Waals surface area contributed by atoms with Gasteiger partial charge in [0.25, 0.3) is 0 Å².